The lowest BCUT2D eigenvalue weighted by Gasteiger charge is -2.15. The molecule has 0 radical (unpaired) electrons. The Bertz CT molecular complexity index is 975. The van der Waals surface area contributed by atoms with Crippen molar-refractivity contribution in [3.8, 4) is 11.4 Å². The third kappa shape index (κ3) is 3.52. The minimum Gasteiger partial charge on any atom is -0.472 e. The highest BCUT2D eigenvalue weighted by Gasteiger charge is 2.23. The molecule has 0 amide bonds. The molecule has 0 spiro atoms. The van der Waals surface area contributed by atoms with Crippen molar-refractivity contribution in [1.82, 2.24) is 14.4 Å². The predicted molar refractivity (Wildman–Crippen MR) is 87.1 cm³/mol. The number of aromatic nitrogens is 2. The normalized spacial score (nSPS) is 11.8. The fraction of sp³-hybridized carbons (Fsp3) is 0.188. The molecule has 0 atom stereocenters. The number of hydrogen-bond donors (Lipinski definition) is 0. The van der Waals surface area contributed by atoms with Gasteiger partial charge in [-0.2, -0.15) is 9.29 Å². The molecule has 9 heteroatoms. The first-order valence-corrected chi connectivity index (χ1v) is 8.74. The highest BCUT2D eigenvalue weighted by molar-refractivity contribution is 7.89. The Morgan fingerprint density at radius 3 is 2.52 bits per heavy atom. The van der Waals surface area contributed by atoms with Gasteiger partial charge >= 0.3 is 0 Å². The molecule has 130 valence electrons. The summed E-state index contributed by atoms with van der Waals surface area (Å²) in [7, 11) is -2.34. The minimum atomic E-state index is -3.75. The number of carbonyl (C=O) groups is 1. The van der Waals surface area contributed by atoms with E-state index in [1.165, 1.54) is 50.8 Å². The molecule has 0 fully saturated rings. The van der Waals surface area contributed by atoms with Crippen molar-refractivity contribution in [2.75, 3.05) is 7.05 Å². The van der Waals surface area contributed by atoms with Gasteiger partial charge in [0.1, 0.15) is 6.26 Å². The summed E-state index contributed by atoms with van der Waals surface area (Å²) in [5.74, 6) is 0.345. The fourth-order valence-electron chi connectivity index (χ4n) is 2.15. The molecule has 8 nitrogen and oxygen atoms in total. The van der Waals surface area contributed by atoms with Gasteiger partial charge in [0.2, 0.25) is 21.7 Å². The lowest BCUT2D eigenvalue weighted by atomic mass is 10.2. The van der Waals surface area contributed by atoms with E-state index in [9.17, 15) is 13.2 Å². The first-order chi connectivity index (χ1) is 11.9. The standard InChI is InChI=1S/C16H15N3O5S/c1-11(20)12-3-5-14(6-4-12)25(21,22)19(2)9-15-17-16(18-24-15)13-7-8-23-10-13/h3-8,10H,9H2,1-2H3. The summed E-state index contributed by atoms with van der Waals surface area (Å²) in [6.45, 7) is 1.34. The van der Waals surface area contributed by atoms with Crippen molar-refractivity contribution in [3.05, 3.63) is 54.3 Å². The van der Waals surface area contributed by atoms with E-state index in [0.29, 0.717) is 17.0 Å². The van der Waals surface area contributed by atoms with Gasteiger partial charge in [0.15, 0.2) is 5.78 Å². The first kappa shape index (κ1) is 17.1. The molecule has 0 unspecified atom stereocenters. The van der Waals surface area contributed by atoms with Crippen molar-refractivity contribution in [1.29, 1.82) is 0 Å². The Morgan fingerprint density at radius 1 is 1.20 bits per heavy atom. The van der Waals surface area contributed by atoms with Crippen LogP contribution < -0.4 is 0 Å². The number of Topliss-reactive ketones (excluding diaryl/α,β-unsaturated/α-hetero) is 1. The van der Waals surface area contributed by atoms with Gasteiger partial charge in [-0.05, 0) is 25.1 Å². The molecule has 0 aliphatic rings. The van der Waals surface area contributed by atoms with Crippen LogP contribution in [0.5, 0.6) is 0 Å². The van der Waals surface area contributed by atoms with Gasteiger partial charge in [0.05, 0.1) is 23.3 Å². The molecular formula is C16H15N3O5S. The van der Waals surface area contributed by atoms with E-state index in [2.05, 4.69) is 10.1 Å². The van der Waals surface area contributed by atoms with Crippen molar-refractivity contribution in [3.63, 3.8) is 0 Å². The molecule has 1 aromatic carbocycles. The van der Waals surface area contributed by atoms with E-state index in [1.807, 2.05) is 0 Å². The molecule has 3 rings (SSSR count). The van der Waals surface area contributed by atoms with Crippen molar-refractivity contribution >= 4 is 15.8 Å². The second-order valence-electron chi connectivity index (χ2n) is 5.37. The predicted octanol–water partition coefficient (Wildman–Crippen LogP) is 2.35. The van der Waals surface area contributed by atoms with Crippen LogP contribution in [0.15, 0.2) is 56.7 Å². The maximum Gasteiger partial charge on any atom is 0.243 e. The Kier molecular flexibility index (Phi) is 4.51. The molecule has 2 aromatic heterocycles. The van der Waals surface area contributed by atoms with E-state index in [4.69, 9.17) is 8.94 Å². The zero-order valence-corrected chi connectivity index (χ0v) is 14.4. The Hall–Kier alpha value is -2.78. The smallest absolute Gasteiger partial charge is 0.243 e. The third-order valence-electron chi connectivity index (χ3n) is 3.57. The second-order valence-corrected chi connectivity index (χ2v) is 7.41. The first-order valence-electron chi connectivity index (χ1n) is 7.30. The molecular weight excluding hydrogens is 346 g/mol. The van der Waals surface area contributed by atoms with Gasteiger partial charge in [-0.15, -0.1) is 0 Å². The van der Waals surface area contributed by atoms with Crippen LogP contribution in [0.25, 0.3) is 11.4 Å². The van der Waals surface area contributed by atoms with Crippen LogP contribution in [0.2, 0.25) is 0 Å². The van der Waals surface area contributed by atoms with Crippen LogP contribution in [-0.4, -0.2) is 35.7 Å². The van der Waals surface area contributed by atoms with Crippen LogP contribution in [0.4, 0.5) is 0 Å². The van der Waals surface area contributed by atoms with E-state index in [-0.39, 0.29) is 23.1 Å². The number of rotatable bonds is 6. The number of carbonyl (C=O) groups excluding carboxylic acids is 1. The molecule has 0 aliphatic carbocycles. The second kappa shape index (κ2) is 6.61. The molecule has 0 saturated heterocycles. The Labute approximate surface area is 144 Å². The maximum absolute atomic E-state index is 12.6. The topological polar surface area (TPSA) is 107 Å². The molecule has 25 heavy (non-hydrogen) atoms. The van der Waals surface area contributed by atoms with Gasteiger partial charge in [0.25, 0.3) is 0 Å². The summed E-state index contributed by atoms with van der Waals surface area (Å²) < 4.78 is 36.3. The van der Waals surface area contributed by atoms with Crippen LogP contribution in [0.3, 0.4) is 0 Å². The summed E-state index contributed by atoms with van der Waals surface area (Å²) in [5, 5.41) is 3.79. The highest BCUT2D eigenvalue weighted by Crippen LogP contribution is 2.19. The van der Waals surface area contributed by atoms with Gasteiger partial charge in [-0.25, -0.2) is 8.42 Å². The number of sulfonamides is 1. The molecule has 0 N–H and O–H groups in total. The number of furan rings is 1. The van der Waals surface area contributed by atoms with Gasteiger partial charge in [0, 0.05) is 12.6 Å². The lowest BCUT2D eigenvalue weighted by Crippen LogP contribution is -2.26. The van der Waals surface area contributed by atoms with Crippen LogP contribution in [-0.2, 0) is 16.6 Å². The zero-order valence-electron chi connectivity index (χ0n) is 13.5. The third-order valence-corrected chi connectivity index (χ3v) is 5.39. The van der Waals surface area contributed by atoms with Gasteiger partial charge < -0.3 is 8.94 Å². The molecule has 3 aromatic rings. The summed E-state index contributed by atoms with van der Waals surface area (Å²) in [4.78, 5) is 15.5. The monoisotopic (exact) mass is 361 g/mol. The number of hydrogen-bond acceptors (Lipinski definition) is 7. The van der Waals surface area contributed by atoms with E-state index in [0.717, 1.165) is 4.31 Å². The summed E-state index contributed by atoms with van der Waals surface area (Å²) in [5.41, 5.74) is 1.09. The number of benzene rings is 1. The molecule has 0 aliphatic heterocycles. The van der Waals surface area contributed by atoms with Gasteiger partial charge in [-0.3, -0.25) is 4.79 Å². The highest BCUT2D eigenvalue weighted by atomic mass is 32.2. The van der Waals surface area contributed by atoms with Crippen molar-refractivity contribution in [2.24, 2.45) is 0 Å². The van der Waals surface area contributed by atoms with Crippen LogP contribution in [0.1, 0.15) is 23.2 Å². The number of ketones is 1. The summed E-state index contributed by atoms with van der Waals surface area (Å²) in [6.07, 6.45) is 2.94. The SMILES string of the molecule is CC(=O)c1ccc(S(=O)(=O)N(C)Cc2nc(-c3ccoc3)no2)cc1. The van der Waals surface area contributed by atoms with Crippen LogP contribution >= 0.6 is 0 Å². The lowest BCUT2D eigenvalue weighted by molar-refractivity contribution is 0.101. The van der Waals surface area contributed by atoms with E-state index >= 15 is 0 Å². The maximum atomic E-state index is 12.6. The summed E-state index contributed by atoms with van der Waals surface area (Å²) >= 11 is 0. The van der Waals surface area contributed by atoms with Crippen LogP contribution in [0, 0.1) is 0 Å². The molecule has 0 saturated carbocycles. The minimum absolute atomic E-state index is 0.0783. The average Bonchev–Trinajstić information content (AvgIpc) is 3.26. The summed E-state index contributed by atoms with van der Waals surface area (Å²) in [6, 6.07) is 7.42. The van der Waals surface area contributed by atoms with E-state index in [1.54, 1.807) is 6.07 Å². The molecule has 2 heterocycles. The van der Waals surface area contributed by atoms with Crippen molar-refractivity contribution in [2.45, 2.75) is 18.4 Å². The Balaban J connectivity index is 1.77. The number of nitrogens with zero attached hydrogens (tertiary/aromatic N) is 3. The average molecular weight is 361 g/mol. The van der Waals surface area contributed by atoms with Gasteiger partial charge in [-0.1, -0.05) is 17.3 Å². The fourth-order valence-corrected chi connectivity index (χ4v) is 3.27. The largest absolute Gasteiger partial charge is 0.472 e. The molecule has 0 bridgehead atoms. The van der Waals surface area contributed by atoms with E-state index < -0.39 is 10.0 Å². The Morgan fingerprint density at radius 2 is 1.92 bits per heavy atom. The zero-order chi connectivity index (χ0) is 18.0. The quantitative estimate of drug-likeness (QED) is 0.620. The van der Waals surface area contributed by atoms with Crippen molar-refractivity contribution < 1.29 is 22.2 Å².